The van der Waals surface area contributed by atoms with Crippen LogP contribution in [0.3, 0.4) is 0 Å². The van der Waals surface area contributed by atoms with E-state index in [0.717, 1.165) is 12.1 Å². The van der Waals surface area contributed by atoms with Crippen molar-refractivity contribution in [2.45, 2.75) is 18.7 Å². The summed E-state index contributed by atoms with van der Waals surface area (Å²) in [6.45, 7) is 2.89. The smallest absolute Gasteiger partial charge is 0.242 e. The van der Waals surface area contributed by atoms with Crippen LogP contribution in [0.2, 0.25) is 0 Å². The summed E-state index contributed by atoms with van der Waals surface area (Å²) in [6, 6.07) is 4.80. The molecule has 1 aromatic rings. The van der Waals surface area contributed by atoms with Crippen molar-refractivity contribution in [2.75, 3.05) is 6.54 Å². The van der Waals surface area contributed by atoms with Crippen molar-refractivity contribution in [3.05, 3.63) is 29.6 Å². The minimum atomic E-state index is -4.09. The predicted molar refractivity (Wildman–Crippen MR) is 66.1 cm³/mol. The lowest BCUT2D eigenvalue weighted by molar-refractivity contribution is -0.120. The van der Waals surface area contributed by atoms with Gasteiger partial charge < -0.3 is 0 Å². The van der Waals surface area contributed by atoms with Gasteiger partial charge in [-0.3, -0.25) is 4.79 Å². The lowest BCUT2D eigenvalue weighted by Gasteiger charge is -2.09. The molecule has 5 nitrogen and oxygen atoms in total. The molecule has 102 valence electrons. The Morgan fingerprint density at radius 3 is 2.63 bits per heavy atom. The van der Waals surface area contributed by atoms with E-state index in [1.807, 2.05) is 0 Å². The monoisotopic (exact) mass is 284 g/mol. The number of carbonyl (C=O) groups excluding carboxylic acids is 1. The number of halogens is 1. The topological polar surface area (TPSA) is 87.0 Å². The molecular weight excluding hydrogens is 271 g/mol. The Morgan fingerprint density at radius 2 is 2.11 bits per heavy atom. The quantitative estimate of drug-likeness (QED) is 0.880. The van der Waals surface area contributed by atoms with Gasteiger partial charge in [0.1, 0.15) is 28.1 Å². The van der Waals surface area contributed by atoms with Crippen molar-refractivity contribution >= 4 is 15.8 Å². The molecule has 0 aliphatic carbocycles. The van der Waals surface area contributed by atoms with Crippen molar-refractivity contribution in [2.24, 2.45) is 5.92 Å². The van der Waals surface area contributed by atoms with Crippen LogP contribution in [0, 0.1) is 23.1 Å². The van der Waals surface area contributed by atoms with Crippen LogP contribution in [0.4, 0.5) is 4.39 Å². The van der Waals surface area contributed by atoms with Gasteiger partial charge in [-0.25, -0.2) is 17.5 Å². The van der Waals surface area contributed by atoms with Gasteiger partial charge in [0.05, 0.1) is 6.54 Å². The van der Waals surface area contributed by atoms with Crippen LogP contribution < -0.4 is 4.72 Å². The van der Waals surface area contributed by atoms with Crippen LogP contribution in [0.1, 0.15) is 19.4 Å². The van der Waals surface area contributed by atoms with E-state index in [9.17, 15) is 17.6 Å². The number of nitrogens with one attached hydrogen (secondary N) is 1. The zero-order chi connectivity index (χ0) is 14.6. The van der Waals surface area contributed by atoms with Crippen LogP contribution in [0.5, 0.6) is 0 Å². The average Bonchev–Trinajstić information content (AvgIpc) is 2.35. The molecule has 0 aliphatic rings. The Bertz CT molecular complexity index is 633. The second kappa shape index (κ2) is 5.91. The first-order valence-corrected chi connectivity index (χ1v) is 6.99. The molecule has 1 N–H and O–H groups in total. The van der Waals surface area contributed by atoms with Gasteiger partial charge in [-0.2, -0.15) is 5.26 Å². The number of nitriles is 1. The third-order valence-corrected chi connectivity index (χ3v) is 3.90. The number of hydrogen-bond donors (Lipinski definition) is 1. The summed E-state index contributed by atoms with van der Waals surface area (Å²) in [6.07, 6.45) is 0. The minimum Gasteiger partial charge on any atom is -0.298 e. The molecule has 0 bridgehead atoms. The molecule has 0 aromatic heterocycles. The molecule has 0 heterocycles. The number of carbonyl (C=O) groups is 1. The normalized spacial score (nSPS) is 11.3. The summed E-state index contributed by atoms with van der Waals surface area (Å²) < 4.78 is 39.2. The van der Waals surface area contributed by atoms with E-state index in [4.69, 9.17) is 5.26 Å². The molecule has 1 aromatic carbocycles. The van der Waals surface area contributed by atoms with Crippen LogP contribution in [0.15, 0.2) is 23.1 Å². The van der Waals surface area contributed by atoms with E-state index < -0.39 is 26.3 Å². The Hall–Kier alpha value is -1.78. The van der Waals surface area contributed by atoms with Gasteiger partial charge in [-0.1, -0.05) is 19.9 Å². The standard InChI is InChI=1S/C12H13FN2O3S/c1-8(2)11(16)7-15-19(17,18)12-5-3-4-10(13)9(12)6-14/h3-5,8,15H,7H2,1-2H3. The molecule has 1 rings (SSSR count). The van der Waals surface area contributed by atoms with Crippen LogP contribution in [0.25, 0.3) is 0 Å². The summed E-state index contributed by atoms with van der Waals surface area (Å²) in [5, 5.41) is 8.78. The van der Waals surface area contributed by atoms with Crippen molar-refractivity contribution in [3.8, 4) is 6.07 Å². The first-order valence-electron chi connectivity index (χ1n) is 5.50. The number of nitrogens with zero attached hydrogens (tertiary/aromatic N) is 1. The fourth-order valence-electron chi connectivity index (χ4n) is 1.28. The molecule has 0 unspecified atom stereocenters. The molecule has 0 saturated carbocycles. The molecule has 0 saturated heterocycles. The highest BCUT2D eigenvalue weighted by Gasteiger charge is 2.22. The Morgan fingerprint density at radius 1 is 1.47 bits per heavy atom. The molecular formula is C12H13FN2O3S. The van der Waals surface area contributed by atoms with E-state index in [1.165, 1.54) is 12.1 Å². The first kappa shape index (κ1) is 15.3. The minimum absolute atomic E-state index is 0.293. The number of Topliss-reactive ketones (excluding diaryl/α,β-unsaturated/α-hetero) is 1. The van der Waals surface area contributed by atoms with Crippen LogP contribution in [-0.4, -0.2) is 20.7 Å². The summed E-state index contributed by atoms with van der Waals surface area (Å²) in [4.78, 5) is 10.9. The Kier molecular flexibility index (Phi) is 4.75. The number of sulfonamides is 1. The summed E-state index contributed by atoms with van der Waals surface area (Å²) in [7, 11) is -4.09. The van der Waals surface area contributed by atoms with Gasteiger partial charge in [-0.05, 0) is 12.1 Å². The summed E-state index contributed by atoms with van der Waals surface area (Å²) >= 11 is 0. The largest absolute Gasteiger partial charge is 0.298 e. The van der Waals surface area contributed by atoms with Gasteiger partial charge in [-0.15, -0.1) is 0 Å². The van der Waals surface area contributed by atoms with Crippen molar-refractivity contribution in [3.63, 3.8) is 0 Å². The van der Waals surface area contributed by atoms with Crippen LogP contribution in [-0.2, 0) is 14.8 Å². The molecule has 0 aliphatic heterocycles. The Labute approximate surface area is 111 Å². The third kappa shape index (κ3) is 3.59. The zero-order valence-electron chi connectivity index (χ0n) is 10.5. The first-order chi connectivity index (χ1) is 8.79. The molecule has 0 atom stereocenters. The molecule has 19 heavy (non-hydrogen) atoms. The van der Waals surface area contributed by atoms with E-state index >= 15 is 0 Å². The van der Waals surface area contributed by atoms with Gasteiger partial charge >= 0.3 is 0 Å². The van der Waals surface area contributed by atoms with Gasteiger partial charge in [0.15, 0.2) is 0 Å². The van der Waals surface area contributed by atoms with Crippen molar-refractivity contribution in [1.82, 2.24) is 4.72 Å². The lowest BCUT2D eigenvalue weighted by Crippen LogP contribution is -2.32. The highest BCUT2D eigenvalue weighted by atomic mass is 32.2. The van der Waals surface area contributed by atoms with Crippen LogP contribution >= 0.6 is 0 Å². The fraction of sp³-hybridized carbons (Fsp3) is 0.333. The SMILES string of the molecule is CC(C)C(=O)CNS(=O)(=O)c1cccc(F)c1C#N. The zero-order valence-corrected chi connectivity index (χ0v) is 11.3. The van der Waals surface area contributed by atoms with Crippen molar-refractivity contribution < 1.29 is 17.6 Å². The molecule has 0 spiro atoms. The van der Waals surface area contributed by atoms with Gasteiger partial charge in [0, 0.05) is 5.92 Å². The molecule has 0 amide bonds. The van der Waals surface area contributed by atoms with E-state index in [1.54, 1.807) is 13.8 Å². The van der Waals surface area contributed by atoms with E-state index in [2.05, 4.69) is 4.72 Å². The number of hydrogen-bond acceptors (Lipinski definition) is 4. The molecule has 0 fully saturated rings. The van der Waals surface area contributed by atoms with E-state index in [-0.39, 0.29) is 18.2 Å². The fourth-order valence-corrected chi connectivity index (χ4v) is 2.44. The number of rotatable bonds is 5. The summed E-state index contributed by atoms with van der Waals surface area (Å²) in [5.41, 5.74) is -0.563. The lowest BCUT2D eigenvalue weighted by atomic mass is 10.1. The molecule has 7 heteroatoms. The van der Waals surface area contributed by atoms with E-state index in [0.29, 0.717) is 0 Å². The summed E-state index contributed by atoms with van der Waals surface area (Å²) in [5.74, 6) is -1.52. The maximum absolute atomic E-state index is 13.3. The predicted octanol–water partition coefficient (Wildman–Crippen LogP) is 1.20. The second-order valence-electron chi connectivity index (χ2n) is 4.17. The highest BCUT2D eigenvalue weighted by Crippen LogP contribution is 2.17. The Balaban J connectivity index is 3.06. The maximum Gasteiger partial charge on any atom is 0.242 e. The van der Waals surface area contributed by atoms with Gasteiger partial charge in [0.25, 0.3) is 0 Å². The number of ketones is 1. The van der Waals surface area contributed by atoms with Crippen molar-refractivity contribution in [1.29, 1.82) is 5.26 Å². The maximum atomic E-state index is 13.3. The third-order valence-electron chi connectivity index (χ3n) is 2.46. The molecule has 0 radical (unpaired) electrons. The second-order valence-corrected chi connectivity index (χ2v) is 5.91. The number of benzene rings is 1. The van der Waals surface area contributed by atoms with Gasteiger partial charge in [0.2, 0.25) is 10.0 Å². The highest BCUT2D eigenvalue weighted by molar-refractivity contribution is 7.89. The average molecular weight is 284 g/mol.